The maximum Gasteiger partial charge on any atom is 0.247 e. The number of anilines is 4. The molecule has 4 aromatic rings. The third-order valence-electron chi connectivity index (χ3n) is 6.39. The minimum atomic E-state index is -0.251. The highest BCUT2D eigenvalue weighted by atomic mass is 16.5. The van der Waals surface area contributed by atoms with Crippen molar-refractivity contribution >= 4 is 39.8 Å². The zero-order chi connectivity index (χ0) is 24.9. The average Bonchev–Trinajstić information content (AvgIpc) is 2.93. The number of ether oxygens (including phenoxy) is 1. The van der Waals surface area contributed by atoms with Gasteiger partial charge in [0, 0.05) is 47.7 Å². The Hall–Kier alpha value is -4.39. The second-order valence-electron chi connectivity index (χ2n) is 8.77. The first-order chi connectivity index (χ1) is 17.6. The SMILES string of the molecule is C=CC(=O)Nc1cccc(-c2cccc3cnc(Nc4ccc(N5CCCCC5)cc4OC)nc23)c1. The number of fused-ring (bicyclic) bond motifs is 1. The normalized spacial score (nSPS) is 13.3. The fourth-order valence-corrected chi connectivity index (χ4v) is 4.56. The van der Waals surface area contributed by atoms with Gasteiger partial charge < -0.3 is 20.3 Å². The maximum atomic E-state index is 11.8. The summed E-state index contributed by atoms with van der Waals surface area (Å²) in [5, 5.41) is 7.07. The van der Waals surface area contributed by atoms with Gasteiger partial charge in [0.2, 0.25) is 11.9 Å². The molecule has 0 aliphatic carbocycles. The minimum absolute atomic E-state index is 0.251. The molecule has 1 aliphatic rings. The molecule has 3 aromatic carbocycles. The highest BCUT2D eigenvalue weighted by Crippen LogP contribution is 2.34. The van der Waals surface area contributed by atoms with Crippen LogP contribution in [0.25, 0.3) is 22.0 Å². The van der Waals surface area contributed by atoms with Gasteiger partial charge in [-0.05, 0) is 55.2 Å². The van der Waals surface area contributed by atoms with Crippen LogP contribution in [0.2, 0.25) is 0 Å². The molecule has 1 saturated heterocycles. The van der Waals surface area contributed by atoms with Crippen LogP contribution in [0.3, 0.4) is 0 Å². The van der Waals surface area contributed by atoms with Gasteiger partial charge in [0.05, 0.1) is 18.3 Å². The molecule has 0 saturated carbocycles. The summed E-state index contributed by atoms with van der Waals surface area (Å²) in [4.78, 5) is 23.5. The Bertz CT molecular complexity index is 1410. The van der Waals surface area contributed by atoms with E-state index in [2.05, 4.69) is 39.2 Å². The largest absolute Gasteiger partial charge is 0.494 e. The second kappa shape index (κ2) is 10.5. The number of benzene rings is 3. The van der Waals surface area contributed by atoms with Crippen molar-refractivity contribution in [1.29, 1.82) is 0 Å². The van der Waals surface area contributed by atoms with Gasteiger partial charge in [-0.1, -0.05) is 36.9 Å². The van der Waals surface area contributed by atoms with Gasteiger partial charge in [0.25, 0.3) is 0 Å². The number of amides is 1. The van der Waals surface area contributed by atoms with E-state index in [-0.39, 0.29) is 5.91 Å². The van der Waals surface area contributed by atoms with Crippen molar-refractivity contribution in [2.45, 2.75) is 19.3 Å². The number of piperidine rings is 1. The molecular formula is C29H29N5O2. The minimum Gasteiger partial charge on any atom is -0.494 e. The van der Waals surface area contributed by atoms with E-state index in [0.29, 0.717) is 11.6 Å². The summed E-state index contributed by atoms with van der Waals surface area (Å²) >= 11 is 0. The predicted octanol–water partition coefficient (Wildman–Crippen LogP) is 6.16. The Labute approximate surface area is 210 Å². The van der Waals surface area contributed by atoms with Crippen molar-refractivity contribution < 1.29 is 9.53 Å². The maximum absolute atomic E-state index is 11.8. The van der Waals surface area contributed by atoms with Crippen LogP contribution < -0.4 is 20.3 Å². The number of methoxy groups -OCH3 is 1. The predicted molar refractivity (Wildman–Crippen MR) is 146 cm³/mol. The van der Waals surface area contributed by atoms with Crippen molar-refractivity contribution in [1.82, 2.24) is 9.97 Å². The van der Waals surface area contributed by atoms with E-state index >= 15 is 0 Å². The number of nitrogens with zero attached hydrogens (tertiary/aromatic N) is 3. The first-order valence-corrected chi connectivity index (χ1v) is 12.1. The van der Waals surface area contributed by atoms with Crippen molar-refractivity contribution in [3.63, 3.8) is 0 Å². The third kappa shape index (κ3) is 5.00. The zero-order valence-electron chi connectivity index (χ0n) is 20.3. The monoisotopic (exact) mass is 479 g/mol. The molecule has 5 rings (SSSR count). The van der Waals surface area contributed by atoms with Crippen LogP contribution in [0.1, 0.15) is 19.3 Å². The van der Waals surface area contributed by atoms with Crippen LogP contribution in [0.15, 0.2) is 79.5 Å². The van der Waals surface area contributed by atoms with E-state index in [9.17, 15) is 4.79 Å². The van der Waals surface area contributed by atoms with Crippen molar-refractivity contribution in [3.8, 4) is 16.9 Å². The summed E-state index contributed by atoms with van der Waals surface area (Å²) in [5.41, 5.74) is 5.37. The molecular weight excluding hydrogens is 450 g/mol. The highest BCUT2D eigenvalue weighted by molar-refractivity contribution is 6.00. The molecule has 7 nitrogen and oxygen atoms in total. The number of nitrogens with one attached hydrogen (secondary N) is 2. The summed E-state index contributed by atoms with van der Waals surface area (Å²) in [7, 11) is 1.68. The number of carbonyl (C=O) groups excluding carboxylic acids is 1. The van der Waals surface area contributed by atoms with Crippen LogP contribution in [0.4, 0.5) is 23.0 Å². The van der Waals surface area contributed by atoms with Crippen molar-refractivity contribution in [2.24, 2.45) is 0 Å². The van der Waals surface area contributed by atoms with E-state index in [1.165, 1.54) is 31.0 Å². The number of rotatable bonds is 7. The molecule has 2 heterocycles. The molecule has 0 unspecified atom stereocenters. The molecule has 1 fully saturated rings. The first kappa shape index (κ1) is 23.4. The Balaban J connectivity index is 1.46. The lowest BCUT2D eigenvalue weighted by Crippen LogP contribution is -2.29. The summed E-state index contributed by atoms with van der Waals surface area (Å²) < 4.78 is 5.70. The van der Waals surface area contributed by atoms with Crippen LogP contribution in [-0.2, 0) is 4.79 Å². The van der Waals surface area contributed by atoms with Crippen molar-refractivity contribution in [2.75, 3.05) is 35.7 Å². The summed E-state index contributed by atoms with van der Waals surface area (Å²) in [6.45, 7) is 5.66. The summed E-state index contributed by atoms with van der Waals surface area (Å²) in [6, 6.07) is 19.9. The Morgan fingerprint density at radius 3 is 2.69 bits per heavy atom. The van der Waals surface area contributed by atoms with Crippen molar-refractivity contribution in [3.05, 3.63) is 79.5 Å². The van der Waals surface area contributed by atoms with E-state index < -0.39 is 0 Å². The molecule has 0 spiro atoms. The highest BCUT2D eigenvalue weighted by Gasteiger charge is 2.15. The molecule has 1 amide bonds. The van der Waals surface area contributed by atoms with Crippen LogP contribution in [0, 0.1) is 0 Å². The Kier molecular flexibility index (Phi) is 6.80. The average molecular weight is 480 g/mol. The lowest BCUT2D eigenvalue weighted by Gasteiger charge is -2.29. The number of hydrogen-bond donors (Lipinski definition) is 2. The molecule has 36 heavy (non-hydrogen) atoms. The molecule has 1 aromatic heterocycles. The van der Waals surface area contributed by atoms with Gasteiger partial charge in [-0.15, -0.1) is 0 Å². The zero-order valence-corrected chi connectivity index (χ0v) is 20.3. The van der Waals surface area contributed by atoms with Gasteiger partial charge in [-0.3, -0.25) is 4.79 Å². The van der Waals surface area contributed by atoms with Gasteiger partial charge >= 0.3 is 0 Å². The summed E-state index contributed by atoms with van der Waals surface area (Å²) in [6.07, 6.45) is 6.80. The topological polar surface area (TPSA) is 79.4 Å². The fourth-order valence-electron chi connectivity index (χ4n) is 4.56. The van der Waals surface area contributed by atoms with E-state index in [0.717, 1.165) is 46.6 Å². The van der Waals surface area contributed by atoms with Gasteiger partial charge in [-0.2, -0.15) is 0 Å². The van der Waals surface area contributed by atoms with Gasteiger partial charge in [0.15, 0.2) is 0 Å². The van der Waals surface area contributed by atoms with E-state index in [1.807, 2.05) is 54.7 Å². The van der Waals surface area contributed by atoms with E-state index in [1.54, 1.807) is 7.11 Å². The molecule has 7 heteroatoms. The standard InChI is InChI=1S/C29H29N5O2/c1-3-27(35)31-22-11-7-9-20(17-22)24-12-8-10-21-19-30-29(33-28(21)24)32-25-14-13-23(18-26(25)36-2)34-15-5-4-6-16-34/h3,7-14,17-19H,1,4-6,15-16H2,2H3,(H,31,35)(H,30,32,33). The molecule has 0 bridgehead atoms. The molecule has 182 valence electrons. The lowest BCUT2D eigenvalue weighted by molar-refractivity contribution is -0.111. The molecule has 1 aliphatic heterocycles. The molecule has 2 N–H and O–H groups in total. The van der Waals surface area contributed by atoms with Crippen LogP contribution in [-0.4, -0.2) is 36.1 Å². The second-order valence-corrected chi connectivity index (χ2v) is 8.77. The number of hydrogen-bond acceptors (Lipinski definition) is 6. The first-order valence-electron chi connectivity index (χ1n) is 12.1. The third-order valence-corrected chi connectivity index (χ3v) is 6.39. The van der Waals surface area contributed by atoms with Crippen LogP contribution in [0.5, 0.6) is 5.75 Å². The number of para-hydroxylation sites is 1. The summed E-state index contributed by atoms with van der Waals surface area (Å²) in [5.74, 6) is 0.981. The molecule has 0 atom stereocenters. The van der Waals surface area contributed by atoms with Gasteiger partial charge in [0.1, 0.15) is 5.75 Å². The lowest BCUT2D eigenvalue weighted by atomic mass is 10.0. The fraction of sp³-hybridized carbons (Fsp3) is 0.207. The smallest absolute Gasteiger partial charge is 0.247 e. The van der Waals surface area contributed by atoms with E-state index in [4.69, 9.17) is 9.72 Å². The molecule has 0 radical (unpaired) electrons. The Morgan fingerprint density at radius 2 is 1.89 bits per heavy atom. The number of aromatic nitrogens is 2. The van der Waals surface area contributed by atoms with Crippen LogP contribution >= 0.6 is 0 Å². The van der Waals surface area contributed by atoms with Gasteiger partial charge in [-0.25, -0.2) is 9.97 Å². The number of carbonyl (C=O) groups is 1. The quantitative estimate of drug-likeness (QED) is 0.309. The Morgan fingerprint density at radius 1 is 1.06 bits per heavy atom.